The van der Waals surface area contributed by atoms with Gasteiger partial charge in [0.05, 0.1) is 0 Å². The summed E-state index contributed by atoms with van der Waals surface area (Å²) >= 11 is 0. The fourth-order valence-electron chi connectivity index (χ4n) is 1.45. The van der Waals surface area contributed by atoms with E-state index in [0.29, 0.717) is 5.75 Å². The van der Waals surface area contributed by atoms with Crippen LogP contribution >= 0.6 is 0 Å². The van der Waals surface area contributed by atoms with E-state index in [9.17, 15) is 5.11 Å². The van der Waals surface area contributed by atoms with Crippen molar-refractivity contribution in [2.45, 2.75) is 25.9 Å². The Morgan fingerprint density at radius 2 is 1.93 bits per heavy atom. The number of aromatic hydroxyl groups is 1. The molecule has 0 radical (unpaired) electrons. The molecule has 84 valence electrons. The van der Waals surface area contributed by atoms with Crippen molar-refractivity contribution in [3.8, 4) is 5.75 Å². The Balaban J connectivity index is 3.06. The highest BCUT2D eigenvalue weighted by molar-refractivity contribution is 5.38. The lowest BCUT2D eigenvalue weighted by atomic mass is 9.93. The van der Waals surface area contributed by atoms with Crippen molar-refractivity contribution >= 4 is 0 Å². The predicted molar refractivity (Wildman–Crippen MR) is 62.7 cm³/mol. The van der Waals surface area contributed by atoms with Crippen LogP contribution < -0.4 is 5.73 Å². The third-order valence-corrected chi connectivity index (χ3v) is 2.31. The van der Waals surface area contributed by atoms with Gasteiger partial charge in [0.2, 0.25) is 0 Å². The quantitative estimate of drug-likeness (QED) is 0.794. The van der Waals surface area contributed by atoms with E-state index < -0.39 is 0 Å². The first-order valence-electron chi connectivity index (χ1n) is 5.06. The first-order chi connectivity index (χ1) is 6.80. The van der Waals surface area contributed by atoms with Gasteiger partial charge in [-0.05, 0) is 45.6 Å². The number of hydrogen-bond donors (Lipinski definition) is 2. The molecule has 0 amide bonds. The van der Waals surface area contributed by atoms with Crippen LogP contribution in [0.4, 0.5) is 0 Å². The minimum Gasteiger partial charge on any atom is -0.508 e. The number of phenolic OH excluding ortho intramolecular Hbond substituents is 1. The SMILES string of the molecule is CN(C)Cc1cc(C(C)(C)N)ccc1O. The molecule has 0 aromatic heterocycles. The predicted octanol–water partition coefficient (Wildman–Crippen LogP) is 1.65. The molecule has 0 aliphatic rings. The minimum absolute atomic E-state index is 0.330. The van der Waals surface area contributed by atoms with Crippen LogP contribution in [-0.4, -0.2) is 24.1 Å². The van der Waals surface area contributed by atoms with Gasteiger partial charge in [0.15, 0.2) is 0 Å². The summed E-state index contributed by atoms with van der Waals surface area (Å²) < 4.78 is 0. The molecular formula is C12H20N2O. The maximum atomic E-state index is 9.68. The third kappa shape index (κ3) is 3.22. The average Bonchev–Trinajstić information content (AvgIpc) is 2.06. The zero-order valence-corrected chi connectivity index (χ0v) is 9.91. The molecule has 3 nitrogen and oxygen atoms in total. The molecule has 0 aliphatic heterocycles. The summed E-state index contributed by atoms with van der Waals surface area (Å²) in [5, 5.41) is 9.68. The van der Waals surface area contributed by atoms with E-state index in [4.69, 9.17) is 5.73 Å². The molecule has 3 heteroatoms. The standard InChI is InChI=1S/C12H20N2O/c1-12(2,13)10-5-6-11(15)9(7-10)8-14(3)4/h5-7,15H,8,13H2,1-4H3. The van der Waals surface area contributed by atoms with Crippen LogP contribution in [0.1, 0.15) is 25.0 Å². The van der Waals surface area contributed by atoms with Crippen LogP contribution in [0.3, 0.4) is 0 Å². The van der Waals surface area contributed by atoms with Crippen LogP contribution in [0.5, 0.6) is 5.75 Å². The van der Waals surface area contributed by atoms with E-state index in [0.717, 1.165) is 17.7 Å². The van der Waals surface area contributed by atoms with E-state index in [1.54, 1.807) is 6.07 Å². The van der Waals surface area contributed by atoms with Crippen LogP contribution in [-0.2, 0) is 12.1 Å². The molecule has 0 spiro atoms. The second kappa shape index (κ2) is 4.21. The van der Waals surface area contributed by atoms with Crippen molar-refractivity contribution in [1.82, 2.24) is 4.90 Å². The first kappa shape index (κ1) is 12.0. The van der Waals surface area contributed by atoms with Gasteiger partial charge < -0.3 is 15.7 Å². The summed E-state index contributed by atoms with van der Waals surface area (Å²) in [6.45, 7) is 4.63. The van der Waals surface area contributed by atoms with Gasteiger partial charge in [0.25, 0.3) is 0 Å². The van der Waals surface area contributed by atoms with Gasteiger partial charge in [-0.25, -0.2) is 0 Å². The molecule has 1 rings (SSSR count). The van der Waals surface area contributed by atoms with E-state index >= 15 is 0 Å². The summed E-state index contributed by atoms with van der Waals surface area (Å²) in [7, 11) is 3.94. The Labute approximate surface area is 91.5 Å². The zero-order valence-electron chi connectivity index (χ0n) is 9.91. The van der Waals surface area contributed by atoms with Crippen molar-refractivity contribution in [3.63, 3.8) is 0 Å². The maximum Gasteiger partial charge on any atom is 0.120 e. The number of phenols is 1. The molecule has 1 aromatic rings. The van der Waals surface area contributed by atoms with Gasteiger partial charge in [-0.15, -0.1) is 0 Å². The number of nitrogens with two attached hydrogens (primary N) is 1. The molecule has 0 saturated heterocycles. The molecule has 1 aromatic carbocycles. The summed E-state index contributed by atoms with van der Waals surface area (Å²) in [6, 6.07) is 5.55. The lowest BCUT2D eigenvalue weighted by molar-refractivity contribution is 0.385. The largest absolute Gasteiger partial charge is 0.508 e. The van der Waals surface area contributed by atoms with Crippen LogP contribution in [0.15, 0.2) is 18.2 Å². The monoisotopic (exact) mass is 208 g/mol. The van der Waals surface area contributed by atoms with Gasteiger partial charge in [-0.3, -0.25) is 0 Å². The molecule has 0 fully saturated rings. The Morgan fingerprint density at radius 1 is 1.33 bits per heavy atom. The smallest absolute Gasteiger partial charge is 0.120 e. The van der Waals surface area contributed by atoms with Gasteiger partial charge >= 0.3 is 0 Å². The van der Waals surface area contributed by atoms with E-state index in [1.165, 1.54) is 0 Å². The van der Waals surface area contributed by atoms with Crippen LogP contribution in [0.25, 0.3) is 0 Å². The van der Waals surface area contributed by atoms with E-state index in [2.05, 4.69) is 0 Å². The fraction of sp³-hybridized carbons (Fsp3) is 0.500. The van der Waals surface area contributed by atoms with Crippen molar-refractivity contribution in [1.29, 1.82) is 0 Å². The number of benzene rings is 1. The fourth-order valence-corrected chi connectivity index (χ4v) is 1.45. The number of rotatable bonds is 3. The normalized spacial score (nSPS) is 12.1. The number of nitrogens with zero attached hydrogens (tertiary/aromatic N) is 1. The summed E-state index contributed by atoms with van der Waals surface area (Å²) in [4.78, 5) is 2.02. The Bertz CT molecular complexity index is 340. The molecule has 0 saturated carbocycles. The third-order valence-electron chi connectivity index (χ3n) is 2.31. The van der Waals surface area contributed by atoms with Crippen molar-refractivity contribution < 1.29 is 5.11 Å². The van der Waals surface area contributed by atoms with Crippen molar-refractivity contribution in [2.24, 2.45) is 5.73 Å². The van der Waals surface area contributed by atoms with Gasteiger partial charge in [-0.1, -0.05) is 6.07 Å². The summed E-state index contributed by atoms with van der Waals surface area (Å²) in [5.41, 5.74) is 7.60. The van der Waals surface area contributed by atoms with E-state index in [-0.39, 0.29) is 5.54 Å². The molecule has 3 N–H and O–H groups in total. The highest BCUT2D eigenvalue weighted by Gasteiger charge is 2.15. The lowest BCUT2D eigenvalue weighted by Gasteiger charge is -2.21. The second-order valence-electron chi connectivity index (χ2n) is 4.80. The Kier molecular flexibility index (Phi) is 3.37. The first-order valence-corrected chi connectivity index (χ1v) is 5.06. The molecule has 0 unspecified atom stereocenters. The molecule has 0 atom stereocenters. The van der Waals surface area contributed by atoms with Crippen molar-refractivity contribution in [2.75, 3.05) is 14.1 Å². The van der Waals surface area contributed by atoms with Gasteiger partial charge in [0.1, 0.15) is 5.75 Å². The molecular weight excluding hydrogens is 188 g/mol. The minimum atomic E-state index is -0.366. The van der Waals surface area contributed by atoms with Gasteiger partial charge in [0, 0.05) is 17.6 Å². The molecule has 0 bridgehead atoms. The van der Waals surface area contributed by atoms with Crippen molar-refractivity contribution in [3.05, 3.63) is 29.3 Å². The lowest BCUT2D eigenvalue weighted by Crippen LogP contribution is -2.28. The summed E-state index contributed by atoms with van der Waals surface area (Å²) in [6.07, 6.45) is 0. The topological polar surface area (TPSA) is 49.5 Å². The Hall–Kier alpha value is -1.06. The molecule has 0 heterocycles. The summed E-state index contributed by atoms with van der Waals surface area (Å²) in [5.74, 6) is 0.330. The van der Waals surface area contributed by atoms with E-state index in [1.807, 2.05) is 45.0 Å². The molecule has 0 aliphatic carbocycles. The second-order valence-corrected chi connectivity index (χ2v) is 4.80. The maximum absolute atomic E-state index is 9.68. The number of hydrogen-bond acceptors (Lipinski definition) is 3. The zero-order chi connectivity index (χ0) is 11.6. The molecule has 15 heavy (non-hydrogen) atoms. The average molecular weight is 208 g/mol. The van der Waals surface area contributed by atoms with Gasteiger partial charge in [-0.2, -0.15) is 0 Å². The Morgan fingerprint density at radius 3 is 2.40 bits per heavy atom. The van der Waals surface area contributed by atoms with Crippen LogP contribution in [0, 0.1) is 0 Å². The highest BCUT2D eigenvalue weighted by Crippen LogP contribution is 2.24. The highest BCUT2D eigenvalue weighted by atomic mass is 16.3. The van der Waals surface area contributed by atoms with Crippen LogP contribution in [0.2, 0.25) is 0 Å².